The average Bonchev–Trinajstić information content (AvgIpc) is 2.41. The number of hydrogen-bond donors (Lipinski definition) is 1. The van der Waals surface area contributed by atoms with Gasteiger partial charge in [0, 0.05) is 21.5 Å². The Balaban J connectivity index is 2.55. The lowest BCUT2D eigenvalue weighted by molar-refractivity contribution is 1.31. The summed E-state index contributed by atoms with van der Waals surface area (Å²) < 4.78 is 1.08. The molecule has 1 aromatic heterocycles. The van der Waals surface area contributed by atoms with Crippen LogP contribution in [0.5, 0.6) is 0 Å². The number of aromatic nitrogens is 1. The van der Waals surface area contributed by atoms with Crippen molar-refractivity contribution in [1.82, 2.24) is 4.98 Å². The van der Waals surface area contributed by atoms with E-state index < -0.39 is 0 Å². The van der Waals surface area contributed by atoms with Crippen LogP contribution in [0.2, 0.25) is 0 Å². The van der Waals surface area contributed by atoms with Crippen molar-refractivity contribution in [3.05, 3.63) is 63.5 Å². The van der Waals surface area contributed by atoms with Crippen LogP contribution < -0.4 is 5.73 Å². The number of benzene rings is 1. The van der Waals surface area contributed by atoms with Gasteiger partial charge in [0.25, 0.3) is 0 Å². The lowest BCUT2D eigenvalue weighted by Gasteiger charge is -2.06. The second-order valence-electron chi connectivity index (χ2n) is 3.65. The maximum Gasteiger partial charge on any atom is 0.102 e. The van der Waals surface area contributed by atoms with E-state index in [1.165, 1.54) is 0 Å². The Labute approximate surface area is 119 Å². The molecule has 0 aliphatic carbocycles. The fraction of sp³-hybridized carbons (Fsp3) is 0. The average molecular weight is 347 g/mol. The normalized spacial score (nSPS) is 11.6. The van der Waals surface area contributed by atoms with E-state index in [0.717, 1.165) is 14.7 Å². The summed E-state index contributed by atoms with van der Waals surface area (Å²) in [5.74, 6) is 0. The van der Waals surface area contributed by atoms with E-state index in [9.17, 15) is 5.26 Å². The smallest absolute Gasteiger partial charge is 0.102 e. The molecule has 2 aromatic rings. The Morgan fingerprint density at radius 3 is 2.61 bits per heavy atom. The standard InChI is InChI=1S/C14H10IN3/c15-12-5-1-3-10(7-12)14(17)13(8-16)11-4-2-6-18-9-11/h1-7,9H,17H2/b14-13-. The van der Waals surface area contributed by atoms with Crippen molar-refractivity contribution < 1.29 is 0 Å². The summed E-state index contributed by atoms with van der Waals surface area (Å²) in [4.78, 5) is 4.00. The molecule has 0 aliphatic heterocycles. The minimum Gasteiger partial charge on any atom is -0.397 e. The van der Waals surface area contributed by atoms with Crippen molar-refractivity contribution in [3.8, 4) is 6.07 Å². The van der Waals surface area contributed by atoms with Gasteiger partial charge in [0.05, 0.1) is 11.3 Å². The minimum atomic E-state index is 0.449. The molecule has 0 unspecified atom stereocenters. The van der Waals surface area contributed by atoms with Crippen LogP contribution >= 0.6 is 22.6 Å². The number of nitrogens with two attached hydrogens (primary N) is 1. The summed E-state index contributed by atoms with van der Waals surface area (Å²) in [5.41, 5.74) is 8.58. The number of hydrogen-bond acceptors (Lipinski definition) is 3. The zero-order chi connectivity index (χ0) is 13.0. The number of nitrogens with zero attached hydrogens (tertiary/aromatic N) is 2. The van der Waals surface area contributed by atoms with Crippen LogP contribution in [0.4, 0.5) is 0 Å². The topological polar surface area (TPSA) is 62.7 Å². The second-order valence-corrected chi connectivity index (χ2v) is 4.90. The molecular formula is C14H10IN3. The molecule has 1 heterocycles. The molecule has 0 bridgehead atoms. The zero-order valence-corrected chi connectivity index (χ0v) is 11.6. The van der Waals surface area contributed by atoms with E-state index in [4.69, 9.17) is 5.73 Å². The molecule has 1 aromatic carbocycles. The molecular weight excluding hydrogens is 337 g/mol. The summed E-state index contributed by atoms with van der Waals surface area (Å²) in [6.45, 7) is 0. The van der Waals surface area contributed by atoms with Gasteiger partial charge in [-0.15, -0.1) is 0 Å². The Morgan fingerprint density at radius 1 is 1.22 bits per heavy atom. The van der Waals surface area contributed by atoms with Gasteiger partial charge in [-0.3, -0.25) is 4.98 Å². The summed E-state index contributed by atoms with van der Waals surface area (Å²) in [5, 5.41) is 9.26. The number of rotatable bonds is 2. The summed E-state index contributed by atoms with van der Waals surface area (Å²) in [7, 11) is 0. The van der Waals surface area contributed by atoms with Gasteiger partial charge in [-0.05, 0) is 46.4 Å². The van der Waals surface area contributed by atoms with Gasteiger partial charge in [-0.25, -0.2) is 0 Å². The second kappa shape index (κ2) is 5.65. The first-order valence-electron chi connectivity index (χ1n) is 5.28. The zero-order valence-electron chi connectivity index (χ0n) is 9.47. The van der Waals surface area contributed by atoms with Gasteiger partial charge in [-0.2, -0.15) is 5.26 Å². The fourth-order valence-electron chi connectivity index (χ4n) is 1.59. The molecule has 18 heavy (non-hydrogen) atoms. The SMILES string of the molecule is N#C/C(=C(/N)c1cccc(I)c1)c1cccnc1. The van der Waals surface area contributed by atoms with Crippen LogP contribution in [0, 0.1) is 14.9 Å². The summed E-state index contributed by atoms with van der Waals surface area (Å²) in [6, 6.07) is 13.5. The Bertz CT molecular complexity index is 627. The third-order valence-electron chi connectivity index (χ3n) is 2.47. The molecule has 0 fully saturated rings. The largest absolute Gasteiger partial charge is 0.397 e. The van der Waals surface area contributed by atoms with Crippen molar-refractivity contribution in [3.63, 3.8) is 0 Å². The highest BCUT2D eigenvalue weighted by atomic mass is 127. The quantitative estimate of drug-likeness (QED) is 0.671. The van der Waals surface area contributed by atoms with E-state index in [0.29, 0.717) is 11.3 Å². The van der Waals surface area contributed by atoms with E-state index >= 15 is 0 Å². The molecule has 0 saturated heterocycles. The third-order valence-corrected chi connectivity index (χ3v) is 3.14. The molecule has 0 amide bonds. The molecule has 2 rings (SSSR count). The molecule has 88 valence electrons. The highest BCUT2D eigenvalue weighted by molar-refractivity contribution is 14.1. The van der Waals surface area contributed by atoms with Gasteiger partial charge >= 0.3 is 0 Å². The molecule has 0 radical (unpaired) electrons. The highest BCUT2D eigenvalue weighted by Crippen LogP contribution is 2.22. The molecule has 0 aliphatic rings. The number of nitriles is 1. The molecule has 0 atom stereocenters. The molecule has 4 heteroatoms. The van der Waals surface area contributed by atoms with Crippen LogP contribution in [-0.4, -0.2) is 4.98 Å². The summed E-state index contributed by atoms with van der Waals surface area (Å²) >= 11 is 2.22. The van der Waals surface area contributed by atoms with Crippen LogP contribution in [0.1, 0.15) is 11.1 Å². The molecule has 2 N–H and O–H groups in total. The van der Waals surface area contributed by atoms with Gasteiger partial charge in [0.15, 0.2) is 0 Å². The minimum absolute atomic E-state index is 0.449. The lowest BCUT2D eigenvalue weighted by Crippen LogP contribution is -2.01. The molecule has 0 spiro atoms. The summed E-state index contributed by atoms with van der Waals surface area (Å²) in [6.07, 6.45) is 3.31. The Morgan fingerprint density at radius 2 is 2.00 bits per heavy atom. The van der Waals surface area contributed by atoms with Crippen molar-refractivity contribution in [2.24, 2.45) is 5.73 Å². The van der Waals surface area contributed by atoms with Crippen LogP contribution in [0.3, 0.4) is 0 Å². The van der Waals surface area contributed by atoms with Crippen molar-refractivity contribution in [2.75, 3.05) is 0 Å². The van der Waals surface area contributed by atoms with E-state index in [1.54, 1.807) is 18.5 Å². The maximum atomic E-state index is 9.26. The Hall–Kier alpha value is -1.87. The van der Waals surface area contributed by atoms with Crippen LogP contribution in [0.15, 0.2) is 48.8 Å². The van der Waals surface area contributed by atoms with E-state index in [-0.39, 0.29) is 0 Å². The van der Waals surface area contributed by atoms with Crippen LogP contribution in [-0.2, 0) is 0 Å². The van der Waals surface area contributed by atoms with Gasteiger partial charge in [0.1, 0.15) is 6.07 Å². The molecule has 3 nitrogen and oxygen atoms in total. The predicted molar refractivity (Wildman–Crippen MR) is 80.0 cm³/mol. The highest BCUT2D eigenvalue weighted by Gasteiger charge is 2.08. The Kier molecular flexibility index (Phi) is 3.95. The van der Waals surface area contributed by atoms with Crippen molar-refractivity contribution in [1.29, 1.82) is 5.26 Å². The van der Waals surface area contributed by atoms with Gasteiger partial charge < -0.3 is 5.73 Å². The number of allylic oxidation sites excluding steroid dienone is 1. The van der Waals surface area contributed by atoms with Gasteiger partial charge in [0.2, 0.25) is 0 Å². The van der Waals surface area contributed by atoms with E-state index in [1.807, 2.05) is 30.3 Å². The van der Waals surface area contributed by atoms with E-state index in [2.05, 4.69) is 33.6 Å². The lowest BCUT2D eigenvalue weighted by atomic mass is 10.0. The van der Waals surface area contributed by atoms with Gasteiger partial charge in [-0.1, -0.05) is 18.2 Å². The maximum absolute atomic E-state index is 9.26. The number of pyridine rings is 1. The van der Waals surface area contributed by atoms with Crippen molar-refractivity contribution >= 4 is 33.9 Å². The first-order valence-corrected chi connectivity index (χ1v) is 6.36. The fourth-order valence-corrected chi connectivity index (χ4v) is 2.13. The monoisotopic (exact) mass is 347 g/mol. The first-order chi connectivity index (χ1) is 8.72. The predicted octanol–water partition coefficient (Wildman–Crippen LogP) is 3.04. The van der Waals surface area contributed by atoms with Crippen LogP contribution in [0.25, 0.3) is 11.3 Å². The third kappa shape index (κ3) is 2.68. The first kappa shape index (κ1) is 12.6. The van der Waals surface area contributed by atoms with Crippen molar-refractivity contribution in [2.45, 2.75) is 0 Å². The molecule has 0 saturated carbocycles. The number of halogens is 1.